The average Bonchev–Trinajstić information content (AvgIpc) is 3.18. The van der Waals surface area contributed by atoms with Crippen LogP contribution in [0.5, 0.6) is 0 Å². The quantitative estimate of drug-likeness (QED) is 0.372. The van der Waals surface area contributed by atoms with E-state index < -0.39 is 0 Å². The first kappa shape index (κ1) is 19.4. The Morgan fingerprint density at radius 1 is 1.14 bits per heavy atom. The Hall–Kier alpha value is -2.90. The van der Waals surface area contributed by atoms with Gasteiger partial charge in [-0.25, -0.2) is 4.98 Å². The first-order valence-corrected chi connectivity index (χ1v) is 10.9. The fourth-order valence-corrected chi connectivity index (χ4v) is 4.58. The second kappa shape index (κ2) is 8.23. The maximum Gasteiger partial charge on any atom is 0.276 e. The minimum atomic E-state index is -0.145. The van der Waals surface area contributed by atoms with Crippen molar-refractivity contribution in [3.05, 3.63) is 81.5 Å². The van der Waals surface area contributed by atoms with Crippen molar-refractivity contribution < 1.29 is 4.79 Å². The molecule has 0 aliphatic heterocycles. The Bertz CT molecular complexity index is 1250. The molecule has 29 heavy (non-hydrogen) atoms. The van der Waals surface area contributed by atoms with Crippen LogP contribution in [-0.2, 0) is 4.79 Å². The van der Waals surface area contributed by atoms with Gasteiger partial charge in [0.05, 0.1) is 17.0 Å². The van der Waals surface area contributed by atoms with Crippen molar-refractivity contribution in [1.29, 1.82) is 0 Å². The van der Waals surface area contributed by atoms with Crippen LogP contribution in [0.25, 0.3) is 15.9 Å². The van der Waals surface area contributed by atoms with E-state index in [2.05, 4.69) is 10.3 Å². The molecule has 0 saturated carbocycles. The Kier molecular flexibility index (Phi) is 5.51. The van der Waals surface area contributed by atoms with Gasteiger partial charge in [-0.15, -0.1) is 11.3 Å². The number of carbonyl (C=O) groups excluding carboxylic acids is 1. The number of nitrogens with one attached hydrogen (secondary N) is 1. The zero-order valence-corrected chi connectivity index (χ0v) is 17.6. The number of nitrogens with zero attached hydrogens (tertiary/aromatic N) is 2. The molecular formula is C22H19N3O2S2. The van der Waals surface area contributed by atoms with E-state index in [0.717, 1.165) is 22.5 Å². The van der Waals surface area contributed by atoms with Crippen LogP contribution in [0.2, 0.25) is 0 Å². The van der Waals surface area contributed by atoms with Crippen molar-refractivity contribution >= 4 is 44.9 Å². The van der Waals surface area contributed by atoms with E-state index in [9.17, 15) is 9.59 Å². The lowest BCUT2D eigenvalue weighted by atomic mass is 10.1. The summed E-state index contributed by atoms with van der Waals surface area (Å²) in [4.78, 5) is 30.3. The molecular weight excluding hydrogens is 402 g/mol. The molecule has 0 bridgehead atoms. The predicted octanol–water partition coefficient (Wildman–Crippen LogP) is 4.79. The van der Waals surface area contributed by atoms with Crippen molar-refractivity contribution in [3.63, 3.8) is 0 Å². The minimum Gasteiger partial charge on any atom is -0.325 e. The summed E-state index contributed by atoms with van der Waals surface area (Å²) in [7, 11) is 0. The number of amides is 1. The highest BCUT2D eigenvalue weighted by Crippen LogP contribution is 2.25. The molecule has 5 nitrogen and oxygen atoms in total. The van der Waals surface area contributed by atoms with Gasteiger partial charge in [-0.3, -0.25) is 14.2 Å². The number of thioether (sulfide) groups is 1. The van der Waals surface area contributed by atoms with Crippen LogP contribution in [0.3, 0.4) is 0 Å². The zero-order chi connectivity index (χ0) is 20.4. The highest BCUT2D eigenvalue weighted by Gasteiger charge is 2.17. The Morgan fingerprint density at radius 3 is 2.72 bits per heavy atom. The van der Waals surface area contributed by atoms with Crippen LogP contribution >= 0.6 is 23.1 Å². The van der Waals surface area contributed by atoms with Crippen molar-refractivity contribution in [1.82, 2.24) is 9.55 Å². The van der Waals surface area contributed by atoms with Gasteiger partial charge in [0.15, 0.2) is 5.16 Å². The topological polar surface area (TPSA) is 64.0 Å². The number of carbonyl (C=O) groups is 1. The lowest BCUT2D eigenvalue weighted by molar-refractivity contribution is -0.113. The van der Waals surface area contributed by atoms with Crippen LogP contribution in [0.15, 0.2) is 69.9 Å². The molecule has 7 heteroatoms. The molecule has 4 aromatic rings. The highest BCUT2D eigenvalue weighted by atomic mass is 32.2. The Labute approximate surface area is 176 Å². The molecule has 1 N–H and O–H groups in total. The third-order valence-corrected chi connectivity index (χ3v) is 6.27. The maximum atomic E-state index is 13.2. The summed E-state index contributed by atoms with van der Waals surface area (Å²) >= 11 is 2.64. The standard InChI is InChI=1S/C22H19N3O2S2/c1-14-8-9-15(2)18(12-14)25-21(27)20-17(10-11-28-20)24-22(25)29-13-19(26)23-16-6-4-3-5-7-16/h3-12H,13H2,1-2H3,(H,23,26). The summed E-state index contributed by atoms with van der Waals surface area (Å²) in [5.41, 5.74) is 4.12. The third kappa shape index (κ3) is 4.11. The number of hydrogen-bond donors (Lipinski definition) is 1. The minimum absolute atomic E-state index is 0.107. The number of aromatic nitrogens is 2. The molecule has 0 radical (unpaired) electrons. The lowest BCUT2D eigenvalue weighted by Crippen LogP contribution is -2.23. The van der Waals surface area contributed by atoms with Crippen molar-refractivity contribution in [2.45, 2.75) is 19.0 Å². The van der Waals surface area contributed by atoms with Gasteiger partial charge in [0, 0.05) is 5.69 Å². The Morgan fingerprint density at radius 2 is 1.93 bits per heavy atom. The number of anilines is 1. The first-order chi connectivity index (χ1) is 14.0. The van der Waals surface area contributed by atoms with Crippen LogP contribution in [0.4, 0.5) is 5.69 Å². The van der Waals surface area contributed by atoms with Gasteiger partial charge < -0.3 is 5.32 Å². The molecule has 0 aliphatic carbocycles. The molecule has 4 rings (SSSR count). The van der Waals surface area contributed by atoms with E-state index in [-0.39, 0.29) is 17.2 Å². The van der Waals surface area contributed by atoms with Crippen LogP contribution in [0, 0.1) is 13.8 Å². The van der Waals surface area contributed by atoms with Gasteiger partial charge in [-0.2, -0.15) is 0 Å². The van der Waals surface area contributed by atoms with E-state index in [1.807, 2.05) is 73.8 Å². The summed E-state index contributed by atoms with van der Waals surface area (Å²) in [6, 6.07) is 17.1. The number of para-hydroxylation sites is 1. The highest BCUT2D eigenvalue weighted by molar-refractivity contribution is 7.99. The summed E-state index contributed by atoms with van der Waals surface area (Å²) < 4.78 is 2.24. The molecule has 0 aliphatic rings. The van der Waals surface area contributed by atoms with E-state index in [4.69, 9.17) is 0 Å². The van der Waals surface area contributed by atoms with Crippen molar-refractivity contribution in [2.24, 2.45) is 0 Å². The number of benzene rings is 2. The first-order valence-electron chi connectivity index (χ1n) is 9.08. The molecule has 2 heterocycles. The third-order valence-electron chi connectivity index (χ3n) is 4.44. The van der Waals surface area contributed by atoms with Crippen LogP contribution in [0.1, 0.15) is 11.1 Å². The number of thiophene rings is 1. The van der Waals surface area contributed by atoms with Gasteiger partial charge in [0.25, 0.3) is 5.56 Å². The van der Waals surface area contributed by atoms with E-state index in [0.29, 0.717) is 15.4 Å². The molecule has 0 spiro atoms. The molecule has 0 saturated heterocycles. The van der Waals surface area contributed by atoms with Gasteiger partial charge >= 0.3 is 0 Å². The fraction of sp³-hybridized carbons (Fsp3) is 0.136. The predicted molar refractivity (Wildman–Crippen MR) is 120 cm³/mol. The fourth-order valence-electron chi connectivity index (χ4n) is 3.01. The molecule has 2 aromatic heterocycles. The molecule has 0 unspecified atom stereocenters. The Balaban J connectivity index is 1.70. The molecule has 146 valence electrons. The van der Waals surface area contributed by atoms with Gasteiger partial charge in [0.2, 0.25) is 5.91 Å². The molecule has 0 atom stereocenters. The summed E-state index contributed by atoms with van der Waals surface area (Å²) in [6.07, 6.45) is 0. The number of rotatable bonds is 5. The number of aryl methyl sites for hydroxylation is 2. The normalized spacial score (nSPS) is 11.0. The second-order valence-electron chi connectivity index (χ2n) is 6.66. The molecule has 2 aromatic carbocycles. The second-order valence-corrected chi connectivity index (χ2v) is 8.52. The van der Waals surface area contributed by atoms with E-state index in [1.165, 1.54) is 23.1 Å². The molecule has 1 amide bonds. The van der Waals surface area contributed by atoms with Gasteiger partial charge in [-0.1, -0.05) is 42.1 Å². The number of fused-ring (bicyclic) bond motifs is 1. The van der Waals surface area contributed by atoms with Crippen LogP contribution < -0.4 is 10.9 Å². The largest absolute Gasteiger partial charge is 0.325 e. The van der Waals surface area contributed by atoms with Crippen molar-refractivity contribution in [3.8, 4) is 5.69 Å². The molecule has 0 fully saturated rings. The zero-order valence-electron chi connectivity index (χ0n) is 16.0. The summed E-state index contributed by atoms with van der Waals surface area (Å²) in [5, 5.41) is 5.24. The lowest BCUT2D eigenvalue weighted by Gasteiger charge is -2.15. The van der Waals surface area contributed by atoms with E-state index in [1.54, 1.807) is 4.57 Å². The average molecular weight is 422 g/mol. The maximum absolute atomic E-state index is 13.2. The summed E-state index contributed by atoms with van der Waals surface area (Å²) in [6.45, 7) is 3.96. The van der Waals surface area contributed by atoms with Crippen LogP contribution in [-0.4, -0.2) is 21.2 Å². The van der Waals surface area contributed by atoms with Gasteiger partial charge in [0.1, 0.15) is 4.70 Å². The smallest absolute Gasteiger partial charge is 0.276 e. The van der Waals surface area contributed by atoms with Crippen molar-refractivity contribution in [2.75, 3.05) is 11.1 Å². The number of hydrogen-bond acceptors (Lipinski definition) is 5. The summed E-state index contributed by atoms with van der Waals surface area (Å²) in [5.74, 6) is 0.00958. The SMILES string of the molecule is Cc1ccc(C)c(-n2c(SCC(=O)Nc3ccccc3)nc3ccsc3c2=O)c1. The van der Waals surface area contributed by atoms with Gasteiger partial charge in [-0.05, 0) is 54.6 Å². The monoisotopic (exact) mass is 421 g/mol. The van der Waals surface area contributed by atoms with E-state index >= 15 is 0 Å².